The number of nitrogens with two attached hydrogens (primary N) is 1. The number of rotatable bonds is 2. The van der Waals surface area contributed by atoms with Gasteiger partial charge >= 0.3 is 0 Å². The molecule has 0 radical (unpaired) electrons. The second-order valence-electron chi connectivity index (χ2n) is 2.71. The first-order valence-corrected chi connectivity index (χ1v) is 3.57. The topological polar surface area (TPSA) is 43.8 Å². The van der Waals surface area contributed by atoms with Gasteiger partial charge < -0.3 is 5.73 Å². The molecule has 1 aromatic rings. The number of hydrogen-bond donors (Lipinski definition) is 1. The predicted molar refractivity (Wildman–Crippen MR) is 44.9 cm³/mol. The van der Waals surface area contributed by atoms with Crippen molar-refractivity contribution < 1.29 is 0 Å². The van der Waals surface area contributed by atoms with Crippen LogP contribution in [0.4, 0.5) is 0 Å². The van der Waals surface area contributed by atoms with Crippen LogP contribution in [-0.2, 0) is 13.5 Å². The first kappa shape index (κ1) is 7.85. The van der Waals surface area contributed by atoms with E-state index in [9.17, 15) is 0 Å². The highest BCUT2D eigenvalue weighted by Crippen LogP contribution is 2.04. The van der Waals surface area contributed by atoms with E-state index in [1.54, 1.807) is 10.9 Å². The maximum Gasteiger partial charge on any atom is 0.0524 e. The van der Waals surface area contributed by atoms with Crippen LogP contribution in [-0.4, -0.2) is 9.78 Å². The van der Waals surface area contributed by atoms with Crippen molar-refractivity contribution in [3.63, 3.8) is 0 Å². The Balaban J connectivity index is 2.65. The monoisotopic (exact) mass is 151 g/mol. The van der Waals surface area contributed by atoms with E-state index in [1.165, 1.54) is 5.56 Å². The Morgan fingerprint density at radius 2 is 2.55 bits per heavy atom. The summed E-state index contributed by atoms with van der Waals surface area (Å²) in [6.45, 7) is 2.01. The number of aryl methyl sites for hydroxylation is 1. The average Bonchev–Trinajstić information content (AvgIpc) is 2.35. The lowest BCUT2D eigenvalue weighted by molar-refractivity contribution is 0.767. The second kappa shape index (κ2) is 3.23. The lowest BCUT2D eigenvalue weighted by atomic mass is 10.1. The lowest BCUT2D eigenvalue weighted by Crippen LogP contribution is -1.89. The Labute approximate surface area is 66.5 Å². The zero-order valence-electron chi connectivity index (χ0n) is 6.91. The van der Waals surface area contributed by atoms with Crippen molar-refractivity contribution >= 4 is 0 Å². The van der Waals surface area contributed by atoms with Gasteiger partial charge in [0, 0.05) is 13.2 Å². The van der Waals surface area contributed by atoms with Crippen molar-refractivity contribution in [2.45, 2.75) is 13.3 Å². The van der Waals surface area contributed by atoms with Crippen LogP contribution in [0.15, 0.2) is 24.2 Å². The molecule has 2 N–H and O–H groups in total. The summed E-state index contributed by atoms with van der Waals surface area (Å²) in [5.74, 6) is 0. The highest BCUT2D eigenvalue weighted by molar-refractivity contribution is 5.13. The van der Waals surface area contributed by atoms with Crippen molar-refractivity contribution in [2.24, 2.45) is 12.8 Å². The van der Waals surface area contributed by atoms with Crippen LogP contribution in [0.5, 0.6) is 0 Å². The van der Waals surface area contributed by atoms with Gasteiger partial charge in [0.2, 0.25) is 0 Å². The van der Waals surface area contributed by atoms with Crippen LogP contribution in [0.3, 0.4) is 0 Å². The maximum atomic E-state index is 5.34. The van der Waals surface area contributed by atoms with E-state index in [1.807, 2.05) is 26.4 Å². The summed E-state index contributed by atoms with van der Waals surface area (Å²) >= 11 is 0. The average molecular weight is 151 g/mol. The molecule has 0 aliphatic heterocycles. The molecule has 0 amide bonds. The highest BCUT2D eigenvalue weighted by Gasteiger charge is 1.95. The van der Waals surface area contributed by atoms with Crippen molar-refractivity contribution in [3.8, 4) is 0 Å². The molecule has 0 bridgehead atoms. The normalized spacial score (nSPS) is 12.0. The smallest absolute Gasteiger partial charge is 0.0524 e. The molecule has 0 saturated heterocycles. The van der Waals surface area contributed by atoms with Gasteiger partial charge in [-0.2, -0.15) is 5.10 Å². The third-order valence-corrected chi connectivity index (χ3v) is 1.53. The van der Waals surface area contributed by atoms with Crippen LogP contribution in [0.2, 0.25) is 0 Å². The van der Waals surface area contributed by atoms with E-state index in [0.717, 1.165) is 12.0 Å². The molecule has 0 saturated carbocycles. The van der Waals surface area contributed by atoms with Gasteiger partial charge in [-0.1, -0.05) is 5.57 Å². The summed E-state index contributed by atoms with van der Waals surface area (Å²) in [5, 5.41) is 4.05. The van der Waals surface area contributed by atoms with Gasteiger partial charge in [0.15, 0.2) is 0 Å². The molecule has 0 aromatic carbocycles. The SMILES string of the molecule is C/C(=C\N)Cc1cnn(C)c1. The van der Waals surface area contributed by atoms with E-state index in [4.69, 9.17) is 5.73 Å². The minimum Gasteiger partial charge on any atom is -0.405 e. The van der Waals surface area contributed by atoms with Gasteiger partial charge in [-0.15, -0.1) is 0 Å². The van der Waals surface area contributed by atoms with Gasteiger partial charge in [-0.3, -0.25) is 4.68 Å². The quantitative estimate of drug-likeness (QED) is 0.680. The van der Waals surface area contributed by atoms with E-state index < -0.39 is 0 Å². The lowest BCUT2D eigenvalue weighted by Gasteiger charge is -1.94. The largest absolute Gasteiger partial charge is 0.405 e. The van der Waals surface area contributed by atoms with Crippen molar-refractivity contribution in [1.29, 1.82) is 0 Å². The summed E-state index contributed by atoms with van der Waals surface area (Å²) in [5.41, 5.74) is 7.70. The van der Waals surface area contributed by atoms with Gasteiger partial charge in [0.25, 0.3) is 0 Å². The molecular formula is C8H13N3. The van der Waals surface area contributed by atoms with E-state index in [2.05, 4.69) is 5.10 Å². The van der Waals surface area contributed by atoms with Crippen molar-refractivity contribution in [3.05, 3.63) is 29.7 Å². The van der Waals surface area contributed by atoms with Crippen LogP contribution < -0.4 is 5.73 Å². The standard InChI is InChI=1S/C8H13N3/c1-7(4-9)3-8-5-10-11(2)6-8/h4-6H,3,9H2,1-2H3/b7-4+. The summed E-state index contributed by atoms with van der Waals surface area (Å²) in [6, 6.07) is 0. The molecular weight excluding hydrogens is 138 g/mol. The molecule has 1 rings (SSSR count). The Hall–Kier alpha value is -1.25. The van der Waals surface area contributed by atoms with Gasteiger partial charge in [-0.25, -0.2) is 0 Å². The highest BCUT2D eigenvalue weighted by atomic mass is 15.2. The number of aromatic nitrogens is 2. The number of allylic oxidation sites excluding steroid dienone is 1. The zero-order valence-corrected chi connectivity index (χ0v) is 6.91. The van der Waals surface area contributed by atoms with Gasteiger partial charge in [-0.05, 0) is 25.1 Å². The van der Waals surface area contributed by atoms with Crippen LogP contribution in [0.25, 0.3) is 0 Å². The predicted octanol–water partition coefficient (Wildman–Crippen LogP) is 0.825. The molecule has 1 aromatic heterocycles. The second-order valence-corrected chi connectivity index (χ2v) is 2.71. The van der Waals surface area contributed by atoms with Gasteiger partial charge in [0.05, 0.1) is 6.20 Å². The fraction of sp³-hybridized carbons (Fsp3) is 0.375. The third-order valence-electron chi connectivity index (χ3n) is 1.53. The summed E-state index contributed by atoms with van der Waals surface area (Å²) in [6.07, 6.45) is 6.37. The summed E-state index contributed by atoms with van der Waals surface area (Å²) in [4.78, 5) is 0. The molecule has 3 nitrogen and oxygen atoms in total. The molecule has 60 valence electrons. The van der Waals surface area contributed by atoms with Crippen molar-refractivity contribution in [1.82, 2.24) is 9.78 Å². The molecule has 0 spiro atoms. The molecule has 11 heavy (non-hydrogen) atoms. The van der Waals surface area contributed by atoms with Gasteiger partial charge in [0.1, 0.15) is 0 Å². The maximum absolute atomic E-state index is 5.34. The Morgan fingerprint density at radius 3 is 3.00 bits per heavy atom. The fourth-order valence-corrected chi connectivity index (χ4v) is 0.944. The van der Waals surface area contributed by atoms with Crippen LogP contribution in [0.1, 0.15) is 12.5 Å². The minimum atomic E-state index is 0.893. The molecule has 0 fully saturated rings. The first-order valence-electron chi connectivity index (χ1n) is 3.57. The summed E-state index contributed by atoms with van der Waals surface area (Å²) < 4.78 is 1.79. The van der Waals surface area contributed by atoms with Crippen LogP contribution in [0, 0.1) is 0 Å². The third kappa shape index (κ3) is 2.11. The molecule has 0 aliphatic carbocycles. The Morgan fingerprint density at radius 1 is 1.82 bits per heavy atom. The minimum absolute atomic E-state index is 0.893. The van der Waals surface area contributed by atoms with Crippen LogP contribution >= 0.6 is 0 Å². The molecule has 3 heteroatoms. The van der Waals surface area contributed by atoms with E-state index >= 15 is 0 Å². The Bertz CT molecular complexity index is 260. The first-order chi connectivity index (χ1) is 5.22. The van der Waals surface area contributed by atoms with E-state index in [-0.39, 0.29) is 0 Å². The van der Waals surface area contributed by atoms with E-state index in [0.29, 0.717) is 0 Å². The number of nitrogens with zero attached hydrogens (tertiary/aromatic N) is 2. The fourth-order valence-electron chi connectivity index (χ4n) is 0.944. The molecule has 0 aliphatic rings. The Kier molecular flexibility index (Phi) is 2.31. The molecule has 0 atom stereocenters. The van der Waals surface area contributed by atoms with Crippen molar-refractivity contribution in [2.75, 3.05) is 0 Å². The molecule has 0 unspecified atom stereocenters. The molecule has 1 heterocycles. The summed E-state index contributed by atoms with van der Waals surface area (Å²) in [7, 11) is 1.91. The number of hydrogen-bond acceptors (Lipinski definition) is 2. The zero-order chi connectivity index (χ0) is 8.27.